The normalized spacial score (nSPS) is 42.2. The monoisotopic (exact) mass is 230 g/mol. The standard InChI is InChI=1S/C7H12F2O6/c8-7(9)14-1-2-3(10)4(11)5(12)6(13)15-2/h2-7,10-13H,1H2/t2-,3+,4+,5-,6+/m1/s1. The second-order valence-electron chi connectivity index (χ2n) is 3.13. The van der Waals surface area contributed by atoms with Gasteiger partial charge in [-0.25, -0.2) is 0 Å². The van der Waals surface area contributed by atoms with Crippen LogP contribution in [0.15, 0.2) is 0 Å². The molecule has 15 heavy (non-hydrogen) atoms. The van der Waals surface area contributed by atoms with Gasteiger partial charge in [0.25, 0.3) is 0 Å². The van der Waals surface area contributed by atoms with E-state index in [9.17, 15) is 13.9 Å². The average molecular weight is 230 g/mol. The topological polar surface area (TPSA) is 99.4 Å². The van der Waals surface area contributed by atoms with Crippen LogP contribution in [-0.4, -0.2) is 64.4 Å². The first-order valence-corrected chi connectivity index (χ1v) is 4.21. The third-order valence-corrected chi connectivity index (χ3v) is 2.07. The van der Waals surface area contributed by atoms with E-state index in [0.29, 0.717) is 0 Å². The molecule has 0 spiro atoms. The van der Waals surface area contributed by atoms with Crippen molar-refractivity contribution >= 4 is 0 Å². The van der Waals surface area contributed by atoms with Gasteiger partial charge in [-0.15, -0.1) is 0 Å². The van der Waals surface area contributed by atoms with Crippen molar-refractivity contribution in [1.29, 1.82) is 0 Å². The zero-order valence-electron chi connectivity index (χ0n) is 7.53. The van der Waals surface area contributed by atoms with Crippen LogP contribution in [0.3, 0.4) is 0 Å². The molecule has 4 N–H and O–H groups in total. The molecule has 0 bridgehead atoms. The van der Waals surface area contributed by atoms with Crippen LogP contribution in [0, 0.1) is 0 Å². The van der Waals surface area contributed by atoms with Crippen LogP contribution >= 0.6 is 0 Å². The molecule has 0 aromatic heterocycles. The SMILES string of the molecule is O[C@@H]1[C@@H](O)[C@@H](O)O[C@H](COC(F)F)[C@@H]1O. The summed E-state index contributed by atoms with van der Waals surface area (Å²) < 4.78 is 31.7. The molecule has 1 heterocycles. The predicted octanol–water partition coefficient (Wildman–Crippen LogP) is -1.97. The number of hydrogen-bond donors (Lipinski definition) is 4. The fraction of sp³-hybridized carbons (Fsp3) is 1.00. The Morgan fingerprint density at radius 1 is 1.07 bits per heavy atom. The largest absolute Gasteiger partial charge is 0.387 e. The molecule has 0 aliphatic carbocycles. The molecule has 6 nitrogen and oxygen atoms in total. The molecule has 1 aliphatic rings. The molecule has 90 valence electrons. The van der Waals surface area contributed by atoms with E-state index < -0.39 is 43.9 Å². The Labute approximate surface area is 83.7 Å². The highest BCUT2D eigenvalue weighted by atomic mass is 19.3. The van der Waals surface area contributed by atoms with Gasteiger partial charge in [-0.2, -0.15) is 8.78 Å². The van der Waals surface area contributed by atoms with E-state index >= 15 is 0 Å². The van der Waals surface area contributed by atoms with Crippen LogP contribution < -0.4 is 0 Å². The molecule has 1 aliphatic heterocycles. The fourth-order valence-electron chi connectivity index (χ4n) is 1.24. The van der Waals surface area contributed by atoms with Crippen LogP contribution in [0.25, 0.3) is 0 Å². The van der Waals surface area contributed by atoms with Gasteiger partial charge >= 0.3 is 6.61 Å². The maximum atomic E-state index is 11.7. The highest BCUT2D eigenvalue weighted by Crippen LogP contribution is 2.20. The van der Waals surface area contributed by atoms with Crippen molar-refractivity contribution in [2.75, 3.05) is 6.61 Å². The maximum Gasteiger partial charge on any atom is 0.345 e. The van der Waals surface area contributed by atoms with E-state index in [1.54, 1.807) is 0 Å². The molecule has 5 atom stereocenters. The molecule has 0 radical (unpaired) electrons. The van der Waals surface area contributed by atoms with Crippen molar-refractivity contribution in [2.45, 2.75) is 37.3 Å². The number of rotatable bonds is 3. The molecule has 1 saturated heterocycles. The van der Waals surface area contributed by atoms with E-state index in [1.165, 1.54) is 0 Å². The first-order chi connectivity index (χ1) is 6.93. The summed E-state index contributed by atoms with van der Waals surface area (Å²) in [5.74, 6) is 0. The summed E-state index contributed by atoms with van der Waals surface area (Å²) in [4.78, 5) is 0. The predicted molar refractivity (Wildman–Crippen MR) is 40.9 cm³/mol. The van der Waals surface area contributed by atoms with Gasteiger partial charge in [-0.05, 0) is 0 Å². The van der Waals surface area contributed by atoms with Gasteiger partial charge in [0.1, 0.15) is 24.4 Å². The molecule has 0 amide bonds. The van der Waals surface area contributed by atoms with Crippen LogP contribution in [0.1, 0.15) is 0 Å². The molecule has 0 unspecified atom stereocenters. The summed E-state index contributed by atoms with van der Waals surface area (Å²) >= 11 is 0. The Kier molecular flexibility index (Phi) is 4.32. The Balaban J connectivity index is 2.51. The van der Waals surface area contributed by atoms with Gasteiger partial charge in [0.05, 0.1) is 6.61 Å². The summed E-state index contributed by atoms with van der Waals surface area (Å²) in [5.41, 5.74) is 0. The summed E-state index contributed by atoms with van der Waals surface area (Å²) in [5, 5.41) is 36.5. The quantitative estimate of drug-likeness (QED) is 0.448. The van der Waals surface area contributed by atoms with Crippen LogP contribution in [0.4, 0.5) is 8.78 Å². The summed E-state index contributed by atoms with van der Waals surface area (Å²) in [7, 11) is 0. The molecule has 0 aromatic rings. The van der Waals surface area contributed by atoms with Crippen molar-refractivity contribution in [3.05, 3.63) is 0 Å². The molecular weight excluding hydrogens is 218 g/mol. The lowest BCUT2D eigenvalue weighted by Gasteiger charge is -2.38. The maximum absolute atomic E-state index is 11.7. The molecule has 0 aromatic carbocycles. The van der Waals surface area contributed by atoms with Gasteiger partial charge in [0.2, 0.25) is 0 Å². The second-order valence-corrected chi connectivity index (χ2v) is 3.13. The summed E-state index contributed by atoms with van der Waals surface area (Å²) in [6.07, 6.45) is -7.99. The minimum absolute atomic E-state index is 0.695. The first-order valence-electron chi connectivity index (χ1n) is 4.21. The smallest absolute Gasteiger partial charge is 0.345 e. The van der Waals surface area contributed by atoms with Gasteiger partial charge in [0.15, 0.2) is 6.29 Å². The van der Waals surface area contributed by atoms with E-state index in [4.69, 9.17) is 15.3 Å². The minimum atomic E-state index is -3.04. The Bertz CT molecular complexity index is 204. The van der Waals surface area contributed by atoms with E-state index in [2.05, 4.69) is 9.47 Å². The van der Waals surface area contributed by atoms with Crippen molar-refractivity contribution in [3.8, 4) is 0 Å². The third kappa shape index (κ3) is 3.03. The molecule has 0 saturated carbocycles. The van der Waals surface area contributed by atoms with Crippen LogP contribution in [0.5, 0.6) is 0 Å². The summed E-state index contributed by atoms with van der Waals surface area (Å²) in [6.45, 7) is -3.73. The number of alkyl halides is 2. The van der Waals surface area contributed by atoms with Gasteiger partial charge < -0.3 is 29.9 Å². The Morgan fingerprint density at radius 2 is 1.67 bits per heavy atom. The van der Waals surface area contributed by atoms with E-state index in [-0.39, 0.29) is 0 Å². The lowest BCUT2D eigenvalue weighted by atomic mass is 9.99. The van der Waals surface area contributed by atoms with Gasteiger partial charge in [-0.3, -0.25) is 0 Å². The number of aliphatic hydroxyl groups is 4. The van der Waals surface area contributed by atoms with E-state index in [0.717, 1.165) is 0 Å². The third-order valence-electron chi connectivity index (χ3n) is 2.07. The number of aliphatic hydroxyl groups excluding tert-OH is 4. The lowest BCUT2D eigenvalue weighted by Crippen LogP contribution is -2.58. The van der Waals surface area contributed by atoms with Crippen LogP contribution in [-0.2, 0) is 9.47 Å². The lowest BCUT2D eigenvalue weighted by molar-refractivity contribution is -0.296. The average Bonchev–Trinajstić information content (AvgIpc) is 2.18. The van der Waals surface area contributed by atoms with Crippen molar-refractivity contribution in [1.82, 2.24) is 0 Å². The van der Waals surface area contributed by atoms with Crippen LogP contribution in [0.2, 0.25) is 0 Å². The molecule has 8 heteroatoms. The number of halogens is 2. The zero-order valence-corrected chi connectivity index (χ0v) is 7.53. The highest BCUT2D eigenvalue weighted by Gasteiger charge is 2.43. The fourth-order valence-corrected chi connectivity index (χ4v) is 1.24. The Morgan fingerprint density at radius 3 is 2.20 bits per heavy atom. The highest BCUT2D eigenvalue weighted by molar-refractivity contribution is 4.88. The molecular formula is C7H12F2O6. The van der Waals surface area contributed by atoms with Gasteiger partial charge in [-0.1, -0.05) is 0 Å². The minimum Gasteiger partial charge on any atom is -0.387 e. The van der Waals surface area contributed by atoms with Crippen molar-refractivity contribution < 1.29 is 38.7 Å². The number of ether oxygens (including phenoxy) is 2. The van der Waals surface area contributed by atoms with E-state index in [1.807, 2.05) is 0 Å². The number of hydrogen-bond acceptors (Lipinski definition) is 6. The Hall–Kier alpha value is -0.380. The molecule has 1 fully saturated rings. The zero-order chi connectivity index (χ0) is 11.6. The summed E-state index contributed by atoms with van der Waals surface area (Å²) in [6, 6.07) is 0. The van der Waals surface area contributed by atoms with Crippen molar-refractivity contribution in [3.63, 3.8) is 0 Å². The van der Waals surface area contributed by atoms with Crippen molar-refractivity contribution in [2.24, 2.45) is 0 Å². The molecule has 1 rings (SSSR count). The van der Waals surface area contributed by atoms with Gasteiger partial charge in [0, 0.05) is 0 Å². The first kappa shape index (κ1) is 12.7. The second kappa shape index (κ2) is 5.10.